The number of hydrogen-bond acceptors (Lipinski definition) is 2. The number of likely N-dealkylation sites (N-methyl/N-ethyl adjacent to an activating group) is 1. The quantitative estimate of drug-likeness (QED) is 0.864. The van der Waals surface area contributed by atoms with Crippen molar-refractivity contribution in [2.75, 3.05) is 13.6 Å². The molecule has 1 aromatic rings. The lowest BCUT2D eigenvalue weighted by molar-refractivity contribution is -0.127. The smallest absolute Gasteiger partial charge is 0.246 e. The first-order valence-electron chi connectivity index (χ1n) is 6.11. The Kier molecular flexibility index (Phi) is 5.32. The van der Waals surface area contributed by atoms with Gasteiger partial charge < -0.3 is 10.0 Å². The molecule has 0 fully saturated rings. The largest absolute Gasteiger partial charge is 0.389 e. The van der Waals surface area contributed by atoms with Gasteiger partial charge in [-0.05, 0) is 44.0 Å². The molecule has 19 heavy (non-hydrogen) atoms. The summed E-state index contributed by atoms with van der Waals surface area (Å²) >= 11 is 3.47. The van der Waals surface area contributed by atoms with Crippen LogP contribution >= 0.6 is 15.9 Å². The van der Waals surface area contributed by atoms with Crippen molar-refractivity contribution in [2.45, 2.75) is 26.4 Å². The lowest BCUT2D eigenvalue weighted by Gasteiger charge is -2.24. The number of amides is 1. The molecule has 4 heteroatoms. The first-order valence-corrected chi connectivity index (χ1v) is 6.90. The molecule has 0 atom stereocenters. The molecular weight excluding hydrogens is 306 g/mol. The molecule has 104 valence electrons. The van der Waals surface area contributed by atoms with Gasteiger partial charge in [-0.1, -0.05) is 28.1 Å². The lowest BCUT2D eigenvalue weighted by atomic mass is 10.1. The molecule has 0 bridgehead atoms. The van der Waals surface area contributed by atoms with Crippen LogP contribution in [-0.4, -0.2) is 35.1 Å². The first-order chi connectivity index (χ1) is 8.69. The summed E-state index contributed by atoms with van der Waals surface area (Å²) in [5, 5.41) is 9.67. The lowest BCUT2D eigenvalue weighted by Crippen LogP contribution is -2.38. The highest BCUT2D eigenvalue weighted by Gasteiger charge is 2.17. The van der Waals surface area contributed by atoms with Crippen LogP contribution in [0.3, 0.4) is 0 Å². The molecule has 0 aliphatic heterocycles. The molecule has 0 aliphatic carbocycles. The highest BCUT2D eigenvalue weighted by Crippen LogP contribution is 2.19. The number of aryl methyl sites for hydroxylation is 1. The average Bonchev–Trinajstić information content (AvgIpc) is 2.25. The van der Waals surface area contributed by atoms with Crippen LogP contribution in [0.2, 0.25) is 0 Å². The number of aliphatic hydroxyl groups is 1. The van der Waals surface area contributed by atoms with Gasteiger partial charge in [-0.3, -0.25) is 4.79 Å². The predicted octanol–water partition coefficient (Wildman–Crippen LogP) is 3.00. The SMILES string of the molecule is Cc1ccc(C=CC(=O)N(C)CC(C)(C)O)c(Br)c1. The van der Waals surface area contributed by atoms with Crippen molar-refractivity contribution >= 4 is 27.9 Å². The van der Waals surface area contributed by atoms with E-state index >= 15 is 0 Å². The Hall–Kier alpha value is -1.13. The fourth-order valence-electron chi connectivity index (χ4n) is 1.71. The Balaban J connectivity index is 2.73. The van der Waals surface area contributed by atoms with E-state index in [9.17, 15) is 9.90 Å². The normalized spacial score (nSPS) is 11.9. The number of nitrogens with zero attached hydrogens (tertiary/aromatic N) is 1. The zero-order valence-electron chi connectivity index (χ0n) is 11.8. The third-order valence-corrected chi connectivity index (χ3v) is 3.25. The Morgan fingerprint density at radius 3 is 2.63 bits per heavy atom. The number of rotatable bonds is 4. The van der Waals surface area contributed by atoms with E-state index in [4.69, 9.17) is 0 Å². The van der Waals surface area contributed by atoms with Crippen LogP contribution < -0.4 is 0 Å². The molecule has 0 saturated heterocycles. The van der Waals surface area contributed by atoms with Crippen LogP contribution in [0.1, 0.15) is 25.0 Å². The molecule has 1 N–H and O–H groups in total. The van der Waals surface area contributed by atoms with Crippen molar-refractivity contribution in [3.8, 4) is 0 Å². The van der Waals surface area contributed by atoms with Crippen molar-refractivity contribution in [3.05, 3.63) is 39.9 Å². The summed E-state index contributed by atoms with van der Waals surface area (Å²) in [6.07, 6.45) is 3.29. The van der Waals surface area contributed by atoms with Gasteiger partial charge in [0.1, 0.15) is 0 Å². The van der Waals surface area contributed by atoms with Crippen LogP contribution in [0.25, 0.3) is 6.08 Å². The predicted molar refractivity (Wildman–Crippen MR) is 81.8 cm³/mol. The van der Waals surface area contributed by atoms with Gasteiger partial charge in [0.05, 0.1) is 5.60 Å². The van der Waals surface area contributed by atoms with Gasteiger partial charge in [-0.2, -0.15) is 0 Å². The van der Waals surface area contributed by atoms with E-state index in [2.05, 4.69) is 15.9 Å². The van der Waals surface area contributed by atoms with Gasteiger partial charge in [0.2, 0.25) is 5.91 Å². The van der Waals surface area contributed by atoms with E-state index in [1.165, 1.54) is 11.0 Å². The fourth-order valence-corrected chi connectivity index (χ4v) is 2.34. The average molecular weight is 326 g/mol. The van der Waals surface area contributed by atoms with E-state index in [0.717, 1.165) is 15.6 Å². The van der Waals surface area contributed by atoms with E-state index in [1.807, 2.05) is 25.1 Å². The standard InChI is InChI=1S/C15H20BrNO2/c1-11-5-6-12(13(16)9-11)7-8-14(18)17(4)10-15(2,3)19/h5-9,19H,10H2,1-4H3. The summed E-state index contributed by atoms with van der Waals surface area (Å²) in [5.41, 5.74) is 1.23. The second-order valence-electron chi connectivity index (χ2n) is 5.37. The molecule has 0 heterocycles. The molecule has 0 aliphatic rings. The molecule has 0 unspecified atom stereocenters. The minimum absolute atomic E-state index is 0.130. The first kappa shape index (κ1) is 15.9. The minimum Gasteiger partial charge on any atom is -0.389 e. The van der Waals surface area contributed by atoms with Gasteiger partial charge in [-0.25, -0.2) is 0 Å². The Labute approximate surface area is 123 Å². The highest BCUT2D eigenvalue weighted by molar-refractivity contribution is 9.10. The molecule has 0 radical (unpaired) electrons. The molecule has 0 saturated carbocycles. The second kappa shape index (κ2) is 6.35. The van der Waals surface area contributed by atoms with Gasteiger partial charge in [0.25, 0.3) is 0 Å². The molecular formula is C15H20BrNO2. The van der Waals surface area contributed by atoms with Gasteiger partial charge >= 0.3 is 0 Å². The summed E-state index contributed by atoms with van der Waals surface area (Å²) in [7, 11) is 1.68. The van der Waals surface area contributed by atoms with Crippen molar-refractivity contribution in [1.29, 1.82) is 0 Å². The van der Waals surface area contributed by atoms with Crippen LogP contribution in [0.4, 0.5) is 0 Å². The van der Waals surface area contributed by atoms with Crippen molar-refractivity contribution in [1.82, 2.24) is 4.90 Å². The van der Waals surface area contributed by atoms with Crippen molar-refractivity contribution < 1.29 is 9.90 Å². The molecule has 1 aromatic carbocycles. The van der Waals surface area contributed by atoms with E-state index in [1.54, 1.807) is 27.0 Å². The van der Waals surface area contributed by atoms with Crippen LogP contribution in [0, 0.1) is 6.92 Å². The summed E-state index contributed by atoms with van der Waals surface area (Å²) in [4.78, 5) is 13.4. The molecule has 1 rings (SSSR count). The minimum atomic E-state index is -0.886. The third kappa shape index (κ3) is 5.57. The maximum atomic E-state index is 11.9. The third-order valence-electron chi connectivity index (χ3n) is 2.56. The van der Waals surface area contributed by atoms with Gasteiger partial charge in [0, 0.05) is 24.1 Å². The summed E-state index contributed by atoms with van der Waals surface area (Å²) in [6.45, 7) is 5.67. The Bertz CT molecular complexity index is 489. The molecule has 0 spiro atoms. The number of carbonyl (C=O) groups is 1. The monoisotopic (exact) mass is 325 g/mol. The van der Waals surface area contributed by atoms with Crippen LogP contribution in [0.15, 0.2) is 28.7 Å². The van der Waals surface area contributed by atoms with E-state index in [0.29, 0.717) is 6.54 Å². The fraction of sp³-hybridized carbons (Fsp3) is 0.400. The van der Waals surface area contributed by atoms with Crippen LogP contribution in [-0.2, 0) is 4.79 Å². The van der Waals surface area contributed by atoms with E-state index in [-0.39, 0.29) is 5.91 Å². The number of carbonyl (C=O) groups excluding carboxylic acids is 1. The van der Waals surface area contributed by atoms with Gasteiger partial charge in [-0.15, -0.1) is 0 Å². The Morgan fingerprint density at radius 1 is 1.47 bits per heavy atom. The topological polar surface area (TPSA) is 40.5 Å². The molecule has 1 amide bonds. The molecule has 0 aromatic heterocycles. The number of hydrogen-bond donors (Lipinski definition) is 1. The van der Waals surface area contributed by atoms with Crippen molar-refractivity contribution in [3.63, 3.8) is 0 Å². The second-order valence-corrected chi connectivity index (χ2v) is 6.22. The molecule has 3 nitrogen and oxygen atoms in total. The summed E-state index contributed by atoms with van der Waals surface area (Å²) in [5.74, 6) is -0.130. The van der Waals surface area contributed by atoms with Gasteiger partial charge in [0.15, 0.2) is 0 Å². The Morgan fingerprint density at radius 2 is 2.11 bits per heavy atom. The van der Waals surface area contributed by atoms with Crippen LogP contribution in [0.5, 0.6) is 0 Å². The maximum absolute atomic E-state index is 11.9. The summed E-state index contributed by atoms with van der Waals surface area (Å²) in [6, 6.07) is 5.96. The number of benzene rings is 1. The maximum Gasteiger partial charge on any atom is 0.246 e. The highest BCUT2D eigenvalue weighted by atomic mass is 79.9. The summed E-state index contributed by atoms with van der Waals surface area (Å²) < 4.78 is 0.960. The zero-order chi connectivity index (χ0) is 14.6. The number of halogens is 1. The zero-order valence-corrected chi connectivity index (χ0v) is 13.4. The van der Waals surface area contributed by atoms with E-state index < -0.39 is 5.60 Å². The van der Waals surface area contributed by atoms with Crippen molar-refractivity contribution in [2.24, 2.45) is 0 Å².